The van der Waals surface area contributed by atoms with Gasteiger partial charge in [-0.05, 0) is 36.2 Å². The lowest BCUT2D eigenvalue weighted by Crippen LogP contribution is -2.58. The second kappa shape index (κ2) is 5.88. The zero-order chi connectivity index (χ0) is 15.8. The Kier molecular flexibility index (Phi) is 4.53. The van der Waals surface area contributed by atoms with Crippen LogP contribution in [0.4, 0.5) is 11.5 Å². The maximum atomic E-state index is 10.9. The Hall–Kier alpha value is -1.21. The summed E-state index contributed by atoms with van der Waals surface area (Å²) in [5, 5.41) is 14.3. The smallest absolute Gasteiger partial charge is 0.291 e. The molecule has 7 heteroatoms. The van der Waals surface area contributed by atoms with Crippen molar-refractivity contribution in [3.63, 3.8) is 0 Å². The van der Waals surface area contributed by atoms with Gasteiger partial charge in [-0.2, -0.15) is 0 Å². The predicted octanol–water partition coefficient (Wildman–Crippen LogP) is 3.68. The van der Waals surface area contributed by atoms with Gasteiger partial charge >= 0.3 is 0 Å². The average molecular weight is 358 g/mol. The molecule has 0 saturated heterocycles. The van der Waals surface area contributed by atoms with Crippen molar-refractivity contribution in [1.82, 2.24) is 4.98 Å². The normalized spacial score (nSPS) is 23.5. The summed E-state index contributed by atoms with van der Waals surface area (Å²) in [6.07, 6.45) is 2.44. The Morgan fingerprint density at radius 2 is 2.29 bits per heavy atom. The summed E-state index contributed by atoms with van der Waals surface area (Å²) in [7, 11) is 0. The lowest BCUT2D eigenvalue weighted by Gasteiger charge is -2.51. The molecule has 21 heavy (non-hydrogen) atoms. The summed E-state index contributed by atoms with van der Waals surface area (Å²) >= 11 is 3.40. The zero-order valence-corrected chi connectivity index (χ0v) is 14.2. The highest BCUT2D eigenvalue weighted by atomic mass is 79.9. The molecule has 1 fully saturated rings. The average Bonchev–Trinajstić information content (AvgIpc) is 2.42. The molecule has 0 radical (unpaired) electrons. The first-order chi connectivity index (χ1) is 9.78. The Morgan fingerprint density at radius 1 is 1.62 bits per heavy atom. The summed E-state index contributed by atoms with van der Waals surface area (Å²) in [5.41, 5.74) is 0.607. The van der Waals surface area contributed by atoms with Crippen LogP contribution in [0.5, 0.6) is 0 Å². The molecule has 2 atom stereocenters. The molecule has 116 valence electrons. The number of hydrogen-bond acceptors (Lipinski definition) is 5. The molecule has 2 rings (SSSR count). The molecule has 0 bridgehead atoms. The SMILES string of the molecule is CCOC1CC(Nc2ncc([N+](=O)[O-])c(C)c2Br)C1(C)C. The number of nitrogens with one attached hydrogen (secondary N) is 1. The number of nitro groups is 1. The van der Waals surface area contributed by atoms with Crippen molar-refractivity contribution in [2.45, 2.75) is 46.3 Å². The lowest BCUT2D eigenvalue weighted by atomic mass is 9.64. The van der Waals surface area contributed by atoms with Gasteiger partial charge in [-0.15, -0.1) is 0 Å². The Bertz CT molecular complexity index is 563. The monoisotopic (exact) mass is 357 g/mol. The lowest BCUT2D eigenvalue weighted by molar-refractivity contribution is -0.385. The van der Waals surface area contributed by atoms with Gasteiger partial charge in [0, 0.05) is 23.6 Å². The molecule has 1 aromatic rings. The molecule has 6 nitrogen and oxygen atoms in total. The first-order valence-electron chi connectivity index (χ1n) is 6.96. The molecule has 2 unspecified atom stereocenters. The maximum Gasteiger partial charge on any atom is 0.291 e. The summed E-state index contributed by atoms with van der Waals surface area (Å²) in [4.78, 5) is 14.7. The van der Waals surface area contributed by atoms with E-state index >= 15 is 0 Å². The van der Waals surface area contributed by atoms with Crippen LogP contribution in [-0.4, -0.2) is 28.7 Å². The minimum atomic E-state index is -0.421. The van der Waals surface area contributed by atoms with Crippen molar-refractivity contribution in [1.29, 1.82) is 0 Å². The van der Waals surface area contributed by atoms with Gasteiger partial charge in [0.05, 0.1) is 15.5 Å². The van der Waals surface area contributed by atoms with Crippen LogP contribution in [0.15, 0.2) is 10.7 Å². The van der Waals surface area contributed by atoms with Gasteiger partial charge in [-0.25, -0.2) is 4.98 Å². The molecule has 0 aliphatic heterocycles. The molecule has 1 heterocycles. The fourth-order valence-corrected chi connectivity index (χ4v) is 3.05. The molecule has 0 aromatic carbocycles. The number of nitrogens with zero attached hydrogens (tertiary/aromatic N) is 2. The first kappa shape index (κ1) is 16.2. The quantitative estimate of drug-likeness (QED) is 0.642. The van der Waals surface area contributed by atoms with Crippen LogP contribution >= 0.6 is 15.9 Å². The van der Waals surface area contributed by atoms with Crippen LogP contribution in [-0.2, 0) is 4.74 Å². The van der Waals surface area contributed by atoms with Crippen LogP contribution < -0.4 is 5.32 Å². The van der Waals surface area contributed by atoms with Gasteiger partial charge < -0.3 is 10.1 Å². The molecular formula is C14H20BrN3O3. The van der Waals surface area contributed by atoms with Crippen LogP contribution in [0.25, 0.3) is 0 Å². The van der Waals surface area contributed by atoms with Crippen molar-refractivity contribution in [2.75, 3.05) is 11.9 Å². The largest absolute Gasteiger partial charge is 0.378 e. The molecular weight excluding hydrogens is 338 g/mol. The van der Waals surface area contributed by atoms with E-state index in [-0.39, 0.29) is 23.2 Å². The van der Waals surface area contributed by atoms with Crippen LogP contribution in [0.2, 0.25) is 0 Å². The third-order valence-electron chi connectivity index (χ3n) is 4.29. The fourth-order valence-electron chi connectivity index (χ4n) is 2.63. The third kappa shape index (κ3) is 2.89. The van der Waals surface area contributed by atoms with E-state index in [0.717, 1.165) is 6.42 Å². The van der Waals surface area contributed by atoms with E-state index in [1.165, 1.54) is 6.20 Å². The number of anilines is 1. The van der Waals surface area contributed by atoms with Crippen molar-refractivity contribution < 1.29 is 9.66 Å². The second-order valence-electron chi connectivity index (χ2n) is 5.89. The Morgan fingerprint density at radius 3 is 2.81 bits per heavy atom. The molecule has 0 amide bonds. The molecule has 1 saturated carbocycles. The van der Waals surface area contributed by atoms with Crippen LogP contribution in [0.3, 0.4) is 0 Å². The van der Waals surface area contributed by atoms with E-state index in [1.54, 1.807) is 6.92 Å². The van der Waals surface area contributed by atoms with E-state index in [1.807, 2.05) is 6.92 Å². The highest BCUT2D eigenvalue weighted by Gasteiger charge is 2.49. The van der Waals surface area contributed by atoms with E-state index in [0.29, 0.717) is 22.5 Å². The Labute approximate surface area is 132 Å². The van der Waals surface area contributed by atoms with Crippen LogP contribution in [0.1, 0.15) is 32.8 Å². The number of pyridine rings is 1. The van der Waals surface area contributed by atoms with Gasteiger partial charge in [0.25, 0.3) is 5.69 Å². The number of ether oxygens (including phenoxy) is 1. The number of aromatic nitrogens is 1. The molecule has 1 aromatic heterocycles. The van der Waals surface area contributed by atoms with Crippen molar-refractivity contribution in [2.24, 2.45) is 5.41 Å². The van der Waals surface area contributed by atoms with Crippen molar-refractivity contribution >= 4 is 27.4 Å². The van der Waals surface area contributed by atoms with E-state index < -0.39 is 4.92 Å². The standard InChI is InChI=1S/C14H20BrN3O3/c1-5-21-11-6-10(14(11,3)4)17-13-12(15)8(2)9(7-16-13)18(19)20/h7,10-11H,5-6H2,1-4H3,(H,16,17). The summed E-state index contributed by atoms with van der Waals surface area (Å²) in [6, 6.07) is 0.235. The molecule has 0 spiro atoms. The minimum Gasteiger partial charge on any atom is -0.378 e. The third-order valence-corrected chi connectivity index (χ3v) is 5.26. The summed E-state index contributed by atoms with van der Waals surface area (Å²) < 4.78 is 6.35. The first-order valence-corrected chi connectivity index (χ1v) is 7.76. The minimum absolute atomic E-state index is 0.00676. The predicted molar refractivity (Wildman–Crippen MR) is 84.6 cm³/mol. The zero-order valence-electron chi connectivity index (χ0n) is 12.6. The topological polar surface area (TPSA) is 77.3 Å². The van der Waals surface area contributed by atoms with Crippen LogP contribution in [0, 0.1) is 22.5 Å². The van der Waals surface area contributed by atoms with Gasteiger partial charge in [-0.3, -0.25) is 10.1 Å². The molecule has 1 aliphatic carbocycles. The van der Waals surface area contributed by atoms with Crippen molar-refractivity contribution in [3.8, 4) is 0 Å². The number of hydrogen-bond donors (Lipinski definition) is 1. The molecule has 1 aliphatic rings. The van der Waals surface area contributed by atoms with Gasteiger partial charge in [0.2, 0.25) is 0 Å². The van der Waals surface area contributed by atoms with Gasteiger partial charge in [0.1, 0.15) is 12.0 Å². The van der Waals surface area contributed by atoms with Crippen molar-refractivity contribution in [3.05, 3.63) is 26.3 Å². The van der Waals surface area contributed by atoms with E-state index in [9.17, 15) is 10.1 Å². The van der Waals surface area contributed by atoms with Gasteiger partial charge in [0.15, 0.2) is 0 Å². The highest BCUT2D eigenvalue weighted by Crippen LogP contribution is 2.45. The highest BCUT2D eigenvalue weighted by molar-refractivity contribution is 9.10. The second-order valence-corrected chi connectivity index (χ2v) is 6.68. The maximum absolute atomic E-state index is 10.9. The van der Waals surface area contributed by atoms with Gasteiger partial charge in [-0.1, -0.05) is 13.8 Å². The Balaban J connectivity index is 2.15. The summed E-state index contributed by atoms with van der Waals surface area (Å²) in [6.45, 7) is 8.72. The number of rotatable bonds is 5. The molecule has 1 N–H and O–H groups in total. The summed E-state index contributed by atoms with van der Waals surface area (Å²) in [5.74, 6) is 0.645. The van der Waals surface area contributed by atoms with E-state index in [2.05, 4.69) is 40.1 Å². The van der Waals surface area contributed by atoms with E-state index in [4.69, 9.17) is 4.74 Å². The number of halogens is 1. The fraction of sp³-hybridized carbons (Fsp3) is 0.643.